The maximum absolute atomic E-state index is 6.13. The highest BCUT2D eigenvalue weighted by molar-refractivity contribution is 7.18. The fourth-order valence-corrected chi connectivity index (χ4v) is 2.58. The van der Waals surface area contributed by atoms with Gasteiger partial charge in [-0.1, -0.05) is 11.6 Å². The molecule has 0 saturated heterocycles. The van der Waals surface area contributed by atoms with Crippen molar-refractivity contribution in [2.75, 3.05) is 7.05 Å². The second kappa shape index (κ2) is 3.85. The summed E-state index contributed by atoms with van der Waals surface area (Å²) in [5.74, 6) is 0. The zero-order valence-electron chi connectivity index (χ0n) is 8.10. The van der Waals surface area contributed by atoms with Crippen LogP contribution in [0.4, 0.5) is 0 Å². The summed E-state index contributed by atoms with van der Waals surface area (Å²) in [5, 5.41) is 4.98. The molecule has 0 amide bonds. The van der Waals surface area contributed by atoms with Gasteiger partial charge in [-0.25, -0.2) is 4.98 Å². The molecule has 14 heavy (non-hydrogen) atoms. The normalized spacial score (nSPS) is 11.1. The van der Waals surface area contributed by atoms with Gasteiger partial charge in [-0.3, -0.25) is 0 Å². The molecule has 1 aromatic heterocycles. The zero-order valence-corrected chi connectivity index (χ0v) is 9.67. The van der Waals surface area contributed by atoms with Crippen molar-refractivity contribution in [3.8, 4) is 0 Å². The minimum absolute atomic E-state index is 0.783. The summed E-state index contributed by atoms with van der Waals surface area (Å²) in [6.07, 6.45) is 0. The molecule has 0 radical (unpaired) electrons. The molecule has 1 N–H and O–H groups in total. The number of hydrogen-bond acceptors (Lipinski definition) is 3. The molecule has 0 aliphatic heterocycles. The first-order valence-corrected chi connectivity index (χ1v) is 5.60. The van der Waals surface area contributed by atoms with Crippen molar-refractivity contribution in [1.82, 2.24) is 10.3 Å². The highest BCUT2D eigenvalue weighted by atomic mass is 35.5. The van der Waals surface area contributed by atoms with E-state index < -0.39 is 0 Å². The third-order valence-electron chi connectivity index (χ3n) is 2.03. The molecular formula is C10H11ClN2S. The van der Waals surface area contributed by atoms with Gasteiger partial charge in [0.1, 0.15) is 0 Å². The van der Waals surface area contributed by atoms with Gasteiger partial charge in [0.2, 0.25) is 0 Å². The fourth-order valence-electron chi connectivity index (χ4n) is 1.43. The molecule has 0 bridgehead atoms. The predicted octanol–water partition coefficient (Wildman–Crippen LogP) is 2.98. The van der Waals surface area contributed by atoms with E-state index in [1.807, 2.05) is 20.0 Å². The quantitative estimate of drug-likeness (QED) is 0.852. The van der Waals surface area contributed by atoms with Gasteiger partial charge in [-0.05, 0) is 31.7 Å². The number of benzene rings is 1. The summed E-state index contributed by atoms with van der Waals surface area (Å²) in [4.78, 5) is 4.43. The Balaban J connectivity index is 2.58. The maximum atomic E-state index is 6.13. The summed E-state index contributed by atoms with van der Waals surface area (Å²) in [6.45, 7) is 2.79. The van der Waals surface area contributed by atoms with Crippen molar-refractivity contribution >= 4 is 33.2 Å². The van der Waals surface area contributed by atoms with Crippen LogP contribution < -0.4 is 5.32 Å². The van der Waals surface area contributed by atoms with Gasteiger partial charge in [0.15, 0.2) is 0 Å². The van der Waals surface area contributed by atoms with Gasteiger partial charge >= 0.3 is 0 Å². The van der Waals surface area contributed by atoms with E-state index in [0.717, 1.165) is 32.4 Å². The average Bonchev–Trinajstić information content (AvgIpc) is 2.45. The molecule has 0 aliphatic rings. The van der Waals surface area contributed by atoms with Crippen LogP contribution >= 0.6 is 22.9 Å². The number of nitrogens with zero attached hydrogens (tertiary/aromatic N) is 1. The molecule has 0 saturated carbocycles. The second-order valence-corrected chi connectivity index (χ2v) is 4.82. The largest absolute Gasteiger partial charge is 0.316 e. The lowest BCUT2D eigenvalue weighted by Crippen LogP contribution is -2.05. The van der Waals surface area contributed by atoms with Gasteiger partial charge in [0.25, 0.3) is 0 Å². The van der Waals surface area contributed by atoms with E-state index in [1.54, 1.807) is 11.3 Å². The molecule has 4 heteroatoms. The Morgan fingerprint density at radius 3 is 3.00 bits per heavy atom. The van der Waals surface area contributed by atoms with Crippen molar-refractivity contribution < 1.29 is 0 Å². The maximum Gasteiger partial charge on any atom is 0.0907 e. The van der Waals surface area contributed by atoms with Crippen molar-refractivity contribution in [1.29, 1.82) is 0 Å². The van der Waals surface area contributed by atoms with E-state index in [9.17, 15) is 0 Å². The van der Waals surface area contributed by atoms with E-state index in [0.29, 0.717) is 0 Å². The van der Waals surface area contributed by atoms with Gasteiger partial charge in [0.05, 0.1) is 15.2 Å². The molecule has 0 spiro atoms. The average molecular weight is 227 g/mol. The van der Waals surface area contributed by atoms with Crippen molar-refractivity contribution in [2.45, 2.75) is 13.5 Å². The number of aryl methyl sites for hydroxylation is 1. The number of thiazole rings is 1. The molecule has 2 aromatic rings. The molecule has 1 heterocycles. The number of halogens is 1. The van der Waals surface area contributed by atoms with Crippen LogP contribution in [0.5, 0.6) is 0 Å². The number of rotatable bonds is 2. The molecule has 0 fully saturated rings. The van der Waals surface area contributed by atoms with Crippen LogP contribution in [0.25, 0.3) is 10.2 Å². The summed E-state index contributed by atoms with van der Waals surface area (Å²) >= 11 is 7.81. The molecule has 0 atom stereocenters. The minimum Gasteiger partial charge on any atom is -0.316 e. The Kier molecular flexibility index (Phi) is 2.72. The van der Waals surface area contributed by atoms with Gasteiger partial charge in [-0.15, -0.1) is 11.3 Å². The Labute approximate surface area is 91.9 Å². The van der Waals surface area contributed by atoms with Crippen molar-refractivity contribution in [3.63, 3.8) is 0 Å². The van der Waals surface area contributed by atoms with E-state index in [2.05, 4.69) is 16.4 Å². The Morgan fingerprint density at radius 2 is 2.29 bits per heavy atom. The third kappa shape index (κ3) is 1.75. The summed E-state index contributed by atoms with van der Waals surface area (Å²) in [6, 6.07) is 4.05. The summed E-state index contributed by atoms with van der Waals surface area (Å²) < 4.78 is 1.16. The first-order chi connectivity index (χ1) is 6.70. The highest BCUT2D eigenvalue weighted by Crippen LogP contribution is 2.27. The lowest BCUT2D eigenvalue weighted by atomic mass is 10.2. The first-order valence-electron chi connectivity index (χ1n) is 4.41. The number of aromatic nitrogens is 1. The van der Waals surface area contributed by atoms with E-state index in [4.69, 9.17) is 11.6 Å². The lowest BCUT2D eigenvalue weighted by molar-refractivity contribution is 0.819. The standard InChI is InChI=1S/C10H11ClN2S/c1-6-13-9-3-7(5-12-2)8(11)4-10(9)14-6/h3-4,12H,5H2,1-2H3. The molecule has 74 valence electrons. The smallest absolute Gasteiger partial charge is 0.0907 e. The lowest BCUT2D eigenvalue weighted by Gasteiger charge is -2.02. The van der Waals surface area contributed by atoms with Crippen molar-refractivity contribution in [3.05, 3.63) is 27.7 Å². The van der Waals surface area contributed by atoms with Gasteiger partial charge in [0, 0.05) is 11.6 Å². The van der Waals surface area contributed by atoms with Crippen LogP contribution in [0.2, 0.25) is 5.02 Å². The van der Waals surface area contributed by atoms with E-state index in [1.165, 1.54) is 0 Å². The van der Waals surface area contributed by atoms with Crippen LogP contribution in [0.1, 0.15) is 10.6 Å². The number of nitrogens with one attached hydrogen (secondary N) is 1. The Bertz CT molecular complexity index is 464. The molecule has 0 aliphatic carbocycles. The summed E-state index contributed by atoms with van der Waals surface area (Å²) in [5.41, 5.74) is 2.15. The zero-order chi connectivity index (χ0) is 10.1. The molecule has 0 unspecified atom stereocenters. The summed E-state index contributed by atoms with van der Waals surface area (Å²) in [7, 11) is 1.91. The number of hydrogen-bond donors (Lipinski definition) is 1. The topological polar surface area (TPSA) is 24.9 Å². The van der Waals surface area contributed by atoms with E-state index in [-0.39, 0.29) is 0 Å². The fraction of sp³-hybridized carbons (Fsp3) is 0.300. The first kappa shape index (κ1) is 9.90. The Hall–Kier alpha value is -0.640. The van der Waals surface area contributed by atoms with Crippen molar-refractivity contribution in [2.24, 2.45) is 0 Å². The van der Waals surface area contributed by atoms with Crippen LogP contribution in [0.3, 0.4) is 0 Å². The third-order valence-corrected chi connectivity index (χ3v) is 3.32. The van der Waals surface area contributed by atoms with Crippen LogP contribution in [0, 0.1) is 6.92 Å². The molecule has 1 aromatic carbocycles. The Morgan fingerprint density at radius 1 is 1.50 bits per heavy atom. The molecule has 2 rings (SSSR count). The predicted molar refractivity (Wildman–Crippen MR) is 62.1 cm³/mol. The second-order valence-electron chi connectivity index (χ2n) is 3.17. The minimum atomic E-state index is 0.783. The molecule has 2 nitrogen and oxygen atoms in total. The van der Waals surface area contributed by atoms with Gasteiger partial charge < -0.3 is 5.32 Å². The highest BCUT2D eigenvalue weighted by Gasteiger charge is 2.05. The monoisotopic (exact) mass is 226 g/mol. The van der Waals surface area contributed by atoms with E-state index >= 15 is 0 Å². The number of fused-ring (bicyclic) bond motifs is 1. The molecular weight excluding hydrogens is 216 g/mol. The van der Waals surface area contributed by atoms with Crippen LogP contribution in [0.15, 0.2) is 12.1 Å². The van der Waals surface area contributed by atoms with Gasteiger partial charge in [-0.2, -0.15) is 0 Å². The van der Waals surface area contributed by atoms with Crippen LogP contribution in [-0.4, -0.2) is 12.0 Å². The van der Waals surface area contributed by atoms with Crippen LogP contribution in [-0.2, 0) is 6.54 Å². The SMILES string of the molecule is CNCc1cc2nc(C)sc2cc1Cl.